The Morgan fingerprint density at radius 1 is 1.33 bits per heavy atom. The number of benzene rings is 1. The summed E-state index contributed by atoms with van der Waals surface area (Å²) >= 11 is 3.28. The summed E-state index contributed by atoms with van der Waals surface area (Å²) in [6.07, 6.45) is 0. The number of sulfonamides is 1. The molecule has 0 bridgehead atoms. The Morgan fingerprint density at radius 3 is 2.57 bits per heavy atom. The van der Waals surface area contributed by atoms with Crippen molar-refractivity contribution in [2.75, 3.05) is 0 Å². The fraction of sp³-hybridized carbons (Fsp3) is 0.286. The van der Waals surface area contributed by atoms with E-state index in [1.807, 2.05) is 6.92 Å². The molecule has 0 amide bonds. The third-order valence-electron chi connectivity index (χ3n) is 3.04. The number of halogens is 1. The maximum atomic E-state index is 12.4. The van der Waals surface area contributed by atoms with Crippen LogP contribution in [0.4, 0.5) is 0 Å². The molecule has 21 heavy (non-hydrogen) atoms. The van der Waals surface area contributed by atoms with Gasteiger partial charge in [-0.3, -0.25) is 0 Å². The first kappa shape index (κ1) is 16.2. The molecule has 0 aliphatic carbocycles. The molecule has 0 saturated carbocycles. The second-order valence-corrected chi connectivity index (χ2v) is 7.30. The SMILES string of the molecule is Cc1ccc(C(C)NS(=O)(=O)c2ccc(CN)cc2Br)o1. The molecular formula is C14H17BrN2O3S. The van der Waals surface area contributed by atoms with E-state index in [-0.39, 0.29) is 4.90 Å². The zero-order chi connectivity index (χ0) is 15.6. The molecule has 3 N–H and O–H groups in total. The lowest BCUT2D eigenvalue weighted by atomic mass is 10.2. The maximum absolute atomic E-state index is 12.4. The monoisotopic (exact) mass is 372 g/mol. The average molecular weight is 373 g/mol. The van der Waals surface area contributed by atoms with Crippen LogP contribution in [0.25, 0.3) is 0 Å². The van der Waals surface area contributed by atoms with Crippen molar-refractivity contribution < 1.29 is 12.8 Å². The molecule has 0 aliphatic heterocycles. The van der Waals surface area contributed by atoms with Crippen LogP contribution in [-0.4, -0.2) is 8.42 Å². The predicted molar refractivity (Wildman–Crippen MR) is 84.2 cm³/mol. The minimum Gasteiger partial charge on any atom is -0.465 e. The van der Waals surface area contributed by atoms with Gasteiger partial charge >= 0.3 is 0 Å². The summed E-state index contributed by atoms with van der Waals surface area (Å²) in [5, 5.41) is 0. The van der Waals surface area contributed by atoms with Gasteiger partial charge in [-0.1, -0.05) is 6.07 Å². The second-order valence-electron chi connectivity index (χ2n) is 4.76. The van der Waals surface area contributed by atoms with E-state index in [0.29, 0.717) is 16.8 Å². The number of rotatable bonds is 5. The summed E-state index contributed by atoms with van der Waals surface area (Å²) < 4.78 is 33.4. The standard InChI is InChI=1S/C14H17BrN2O3S/c1-9-3-5-13(20-9)10(2)17-21(18,19)14-6-4-11(8-16)7-12(14)15/h3-7,10,17H,8,16H2,1-2H3. The van der Waals surface area contributed by atoms with Crippen LogP contribution in [0.2, 0.25) is 0 Å². The van der Waals surface area contributed by atoms with Gasteiger partial charge in [-0.2, -0.15) is 0 Å². The molecule has 1 heterocycles. The van der Waals surface area contributed by atoms with Crippen molar-refractivity contribution in [1.29, 1.82) is 0 Å². The summed E-state index contributed by atoms with van der Waals surface area (Å²) in [4.78, 5) is 0.176. The normalized spacial score (nSPS) is 13.3. The highest BCUT2D eigenvalue weighted by Gasteiger charge is 2.22. The third kappa shape index (κ3) is 3.74. The third-order valence-corrected chi connectivity index (χ3v) is 5.56. The van der Waals surface area contributed by atoms with Gasteiger partial charge in [-0.05, 0) is 59.6 Å². The van der Waals surface area contributed by atoms with E-state index < -0.39 is 16.1 Å². The molecule has 7 heteroatoms. The van der Waals surface area contributed by atoms with E-state index in [2.05, 4.69) is 20.7 Å². The Labute approximate surface area is 132 Å². The molecule has 0 saturated heterocycles. The molecule has 1 atom stereocenters. The molecule has 114 valence electrons. The first-order valence-electron chi connectivity index (χ1n) is 6.40. The van der Waals surface area contributed by atoms with Crippen molar-refractivity contribution >= 4 is 26.0 Å². The van der Waals surface area contributed by atoms with E-state index in [0.717, 1.165) is 11.3 Å². The molecule has 1 aromatic heterocycles. The first-order valence-corrected chi connectivity index (χ1v) is 8.68. The number of furan rings is 1. The smallest absolute Gasteiger partial charge is 0.242 e. The molecule has 1 unspecified atom stereocenters. The Kier molecular flexibility index (Phi) is 4.88. The highest BCUT2D eigenvalue weighted by atomic mass is 79.9. The fourth-order valence-corrected chi connectivity index (χ4v) is 4.27. The zero-order valence-corrected chi connectivity index (χ0v) is 14.2. The predicted octanol–water partition coefficient (Wildman–Crippen LogP) is 2.85. The molecule has 0 aliphatic rings. The van der Waals surface area contributed by atoms with Crippen LogP contribution < -0.4 is 10.5 Å². The van der Waals surface area contributed by atoms with Crippen molar-refractivity contribution in [1.82, 2.24) is 4.72 Å². The average Bonchev–Trinajstić information content (AvgIpc) is 2.84. The van der Waals surface area contributed by atoms with E-state index in [4.69, 9.17) is 10.2 Å². The zero-order valence-electron chi connectivity index (χ0n) is 11.8. The van der Waals surface area contributed by atoms with Crippen LogP contribution in [0.3, 0.4) is 0 Å². The topological polar surface area (TPSA) is 85.3 Å². The van der Waals surface area contributed by atoms with Crippen LogP contribution in [0, 0.1) is 6.92 Å². The number of nitrogens with one attached hydrogen (secondary N) is 1. The lowest BCUT2D eigenvalue weighted by Crippen LogP contribution is -2.27. The van der Waals surface area contributed by atoms with Crippen molar-refractivity contribution in [2.24, 2.45) is 5.73 Å². The lowest BCUT2D eigenvalue weighted by molar-refractivity contribution is 0.441. The van der Waals surface area contributed by atoms with Crippen LogP contribution in [0.1, 0.15) is 30.0 Å². The molecule has 5 nitrogen and oxygen atoms in total. The Hall–Kier alpha value is -1.15. The van der Waals surface area contributed by atoms with Gasteiger partial charge in [-0.15, -0.1) is 0 Å². The van der Waals surface area contributed by atoms with Crippen molar-refractivity contribution in [3.8, 4) is 0 Å². The number of nitrogens with two attached hydrogens (primary N) is 1. The summed E-state index contributed by atoms with van der Waals surface area (Å²) in [7, 11) is -3.65. The van der Waals surface area contributed by atoms with Crippen LogP contribution in [0.15, 0.2) is 44.1 Å². The first-order chi connectivity index (χ1) is 9.83. The Morgan fingerprint density at radius 2 is 2.05 bits per heavy atom. The molecule has 0 fully saturated rings. The molecule has 1 aromatic carbocycles. The van der Waals surface area contributed by atoms with Crippen molar-refractivity contribution in [2.45, 2.75) is 31.3 Å². The number of hydrogen-bond donors (Lipinski definition) is 2. The van der Waals surface area contributed by atoms with Gasteiger partial charge < -0.3 is 10.2 Å². The highest BCUT2D eigenvalue weighted by Crippen LogP contribution is 2.25. The van der Waals surface area contributed by atoms with Gasteiger partial charge in [-0.25, -0.2) is 13.1 Å². The summed E-state index contributed by atoms with van der Waals surface area (Å²) in [5.74, 6) is 1.32. The molecule has 0 radical (unpaired) electrons. The molecular weight excluding hydrogens is 356 g/mol. The molecule has 0 spiro atoms. The van der Waals surface area contributed by atoms with Gasteiger partial charge in [0, 0.05) is 11.0 Å². The molecule has 2 aromatic rings. The van der Waals surface area contributed by atoms with Gasteiger partial charge in [0.1, 0.15) is 11.5 Å². The van der Waals surface area contributed by atoms with Gasteiger partial charge in [0.05, 0.1) is 10.9 Å². The second kappa shape index (κ2) is 6.31. The Bertz CT molecular complexity index is 740. The van der Waals surface area contributed by atoms with E-state index >= 15 is 0 Å². The van der Waals surface area contributed by atoms with Crippen LogP contribution in [0.5, 0.6) is 0 Å². The summed E-state index contributed by atoms with van der Waals surface area (Å²) in [6, 6.07) is 8.04. The number of hydrogen-bond acceptors (Lipinski definition) is 4. The van der Waals surface area contributed by atoms with Crippen LogP contribution in [-0.2, 0) is 16.6 Å². The quantitative estimate of drug-likeness (QED) is 0.844. The van der Waals surface area contributed by atoms with Gasteiger partial charge in [0.2, 0.25) is 10.0 Å². The summed E-state index contributed by atoms with van der Waals surface area (Å²) in [6.45, 7) is 3.90. The minimum atomic E-state index is -3.65. The van der Waals surface area contributed by atoms with Crippen LogP contribution >= 0.6 is 15.9 Å². The van der Waals surface area contributed by atoms with E-state index in [1.54, 1.807) is 31.2 Å². The van der Waals surface area contributed by atoms with E-state index in [1.165, 1.54) is 6.07 Å². The van der Waals surface area contributed by atoms with Gasteiger partial charge in [0.15, 0.2) is 0 Å². The van der Waals surface area contributed by atoms with Crippen molar-refractivity contribution in [3.63, 3.8) is 0 Å². The summed E-state index contributed by atoms with van der Waals surface area (Å²) in [5.41, 5.74) is 6.40. The molecule has 2 rings (SSSR count). The largest absolute Gasteiger partial charge is 0.465 e. The van der Waals surface area contributed by atoms with Gasteiger partial charge in [0.25, 0.3) is 0 Å². The highest BCUT2D eigenvalue weighted by molar-refractivity contribution is 9.10. The maximum Gasteiger partial charge on any atom is 0.242 e. The number of aryl methyl sites for hydroxylation is 1. The Balaban J connectivity index is 2.26. The lowest BCUT2D eigenvalue weighted by Gasteiger charge is -2.13. The minimum absolute atomic E-state index is 0.176. The van der Waals surface area contributed by atoms with Crippen molar-refractivity contribution in [3.05, 3.63) is 51.9 Å². The van der Waals surface area contributed by atoms with E-state index in [9.17, 15) is 8.42 Å². The fourth-order valence-electron chi connectivity index (χ4n) is 1.93.